The highest BCUT2D eigenvalue weighted by Gasteiger charge is 2.21. The minimum atomic E-state index is -0.0691. The lowest BCUT2D eigenvalue weighted by Crippen LogP contribution is -2.35. The van der Waals surface area contributed by atoms with Crippen LogP contribution in [0.25, 0.3) is 0 Å². The van der Waals surface area contributed by atoms with E-state index in [4.69, 9.17) is 0 Å². The molecule has 1 aromatic carbocycles. The lowest BCUT2D eigenvalue weighted by molar-refractivity contribution is 0.413. The van der Waals surface area contributed by atoms with Gasteiger partial charge in [0.05, 0.1) is 23.8 Å². The number of hydrogen-bond acceptors (Lipinski definition) is 2. The molecular formula is C15H21N3. The second kappa shape index (κ2) is 4.94. The number of hydrogen-bond donors (Lipinski definition) is 1. The Bertz CT molecular complexity index is 526. The molecule has 1 N–H and O–H groups in total. The van der Waals surface area contributed by atoms with Crippen LogP contribution in [0.4, 0.5) is 0 Å². The summed E-state index contributed by atoms with van der Waals surface area (Å²) in [7, 11) is 1.98. The Hall–Kier alpha value is -1.61. The largest absolute Gasteiger partial charge is 0.328 e. The van der Waals surface area contributed by atoms with Gasteiger partial charge in [0.2, 0.25) is 0 Å². The van der Waals surface area contributed by atoms with Crippen LogP contribution in [0.15, 0.2) is 36.8 Å². The molecule has 3 heteroatoms. The van der Waals surface area contributed by atoms with Crippen molar-refractivity contribution in [2.24, 2.45) is 0 Å². The average Bonchev–Trinajstić information content (AvgIpc) is 2.78. The van der Waals surface area contributed by atoms with E-state index in [1.54, 1.807) is 0 Å². The SMILES string of the molecule is CNC(C)(C)c1cncn1Cc1cccc(C)c1. The van der Waals surface area contributed by atoms with Gasteiger partial charge in [-0.2, -0.15) is 0 Å². The van der Waals surface area contributed by atoms with Crippen molar-refractivity contribution in [1.29, 1.82) is 0 Å². The van der Waals surface area contributed by atoms with Crippen LogP contribution in [0.5, 0.6) is 0 Å². The summed E-state index contributed by atoms with van der Waals surface area (Å²) >= 11 is 0. The van der Waals surface area contributed by atoms with Crippen LogP contribution in [-0.4, -0.2) is 16.6 Å². The number of rotatable bonds is 4. The molecule has 0 unspecified atom stereocenters. The molecule has 2 rings (SSSR count). The molecule has 2 aromatic rings. The summed E-state index contributed by atoms with van der Waals surface area (Å²) < 4.78 is 2.20. The van der Waals surface area contributed by atoms with Gasteiger partial charge in [-0.05, 0) is 33.4 Å². The van der Waals surface area contributed by atoms with Crippen molar-refractivity contribution < 1.29 is 0 Å². The topological polar surface area (TPSA) is 29.9 Å². The Morgan fingerprint density at radius 1 is 1.33 bits per heavy atom. The molecule has 1 heterocycles. The van der Waals surface area contributed by atoms with Gasteiger partial charge >= 0.3 is 0 Å². The normalized spacial score (nSPS) is 11.8. The van der Waals surface area contributed by atoms with Gasteiger partial charge in [0.15, 0.2) is 0 Å². The maximum atomic E-state index is 4.28. The molecule has 0 fully saturated rings. The van der Waals surface area contributed by atoms with Gasteiger partial charge in [0, 0.05) is 6.54 Å². The summed E-state index contributed by atoms with van der Waals surface area (Å²) in [5.41, 5.74) is 3.73. The van der Waals surface area contributed by atoms with Crippen molar-refractivity contribution in [3.05, 3.63) is 53.6 Å². The van der Waals surface area contributed by atoms with Gasteiger partial charge in [-0.25, -0.2) is 4.98 Å². The van der Waals surface area contributed by atoms with Crippen LogP contribution in [0.1, 0.15) is 30.7 Å². The highest BCUT2D eigenvalue weighted by molar-refractivity contribution is 5.23. The second-order valence-corrected chi connectivity index (χ2v) is 5.27. The predicted molar refractivity (Wildman–Crippen MR) is 74.6 cm³/mol. The fourth-order valence-corrected chi connectivity index (χ4v) is 2.10. The Labute approximate surface area is 109 Å². The first-order valence-electron chi connectivity index (χ1n) is 6.28. The third kappa shape index (κ3) is 2.62. The number of imidazole rings is 1. The molecule has 0 aliphatic carbocycles. The molecule has 96 valence electrons. The molecule has 0 atom stereocenters. The van der Waals surface area contributed by atoms with Crippen molar-refractivity contribution in [3.63, 3.8) is 0 Å². The van der Waals surface area contributed by atoms with Gasteiger partial charge < -0.3 is 9.88 Å². The predicted octanol–water partition coefficient (Wildman–Crippen LogP) is 2.69. The monoisotopic (exact) mass is 243 g/mol. The Kier molecular flexibility index (Phi) is 3.53. The molecule has 0 spiro atoms. The van der Waals surface area contributed by atoms with Crippen molar-refractivity contribution in [1.82, 2.24) is 14.9 Å². The first-order chi connectivity index (χ1) is 8.53. The number of nitrogens with one attached hydrogen (secondary N) is 1. The molecule has 18 heavy (non-hydrogen) atoms. The molecule has 0 aliphatic heterocycles. The standard InChI is InChI=1S/C15H21N3/c1-12-6-5-7-13(8-12)10-18-11-17-9-14(18)15(2,3)16-4/h5-9,11,16H,10H2,1-4H3. The number of aromatic nitrogens is 2. The smallest absolute Gasteiger partial charge is 0.0951 e. The Balaban J connectivity index is 2.28. The highest BCUT2D eigenvalue weighted by Crippen LogP contribution is 2.20. The molecule has 3 nitrogen and oxygen atoms in total. The van der Waals surface area contributed by atoms with Crippen molar-refractivity contribution in [2.45, 2.75) is 32.9 Å². The number of benzene rings is 1. The minimum Gasteiger partial charge on any atom is -0.328 e. The molecule has 0 amide bonds. The maximum absolute atomic E-state index is 4.28. The van der Waals surface area contributed by atoms with Crippen LogP contribution < -0.4 is 5.32 Å². The third-order valence-electron chi connectivity index (χ3n) is 3.41. The molecule has 0 saturated carbocycles. The van der Waals surface area contributed by atoms with Gasteiger partial charge in [0.1, 0.15) is 0 Å². The fourth-order valence-electron chi connectivity index (χ4n) is 2.10. The summed E-state index contributed by atoms with van der Waals surface area (Å²) in [5.74, 6) is 0. The van der Waals surface area contributed by atoms with Crippen molar-refractivity contribution in [3.8, 4) is 0 Å². The van der Waals surface area contributed by atoms with E-state index in [0.29, 0.717) is 0 Å². The van der Waals surface area contributed by atoms with Crippen LogP contribution in [0.2, 0.25) is 0 Å². The summed E-state index contributed by atoms with van der Waals surface area (Å²) in [6.45, 7) is 7.31. The third-order valence-corrected chi connectivity index (χ3v) is 3.41. The van der Waals surface area contributed by atoms with Crippen molar-refractivity contribution >= 4 is 0 Å². The van der Waals surface area contributed by atoms with E-state index in [0.717, 1.165) is 6.54 Å². The average molecular weight is 243 g/mol. The molecule has 0 saturated heterocycles. The zero-order chi connectivity index (χ0) is 13.2. The summed E-state index contributed by atoms with van der Waals surface area (Å²) in [4.78, 5) is 4.28. The van der Waals surface area contributed by atoms with Crippen LogP contribution in [0, 0.1) is 6.92 Å². The van der Waals surface area contributed by atoms with Crippen molar-refractivity contribution in [2.75, 3.05) is 7.05 Å². The van der Waals surface area contributed by atoms with Gasteiger partial charge in [-0.1, -0.05) is 29.8 Å². The lowest BCUT2D eigenvalue weighted by atomic mass is 10.0. The number of aryl methyl sites for hydroxylation is 1. The van der Waals surface area contributed by atoms with Gasteiger partial charge in [-0.15, -0.1) is 0 Å². The zero-order valence-electron chi connectivity index (χ0n) is 11.6. The quantitative estimate of drug-likeness (QED) is 0.894. The second-order valence-electron chi connectivity index (χ2n) is 5.27. The molecular weight excluding hydrogens is 222 g/mol. The first-order valence-corrected chi connectivity index (χ1v) is 6.28. The Morgan fingerprint density at radius 3 is 2.78 bits per heavy atom. The van der Waals surface area contributed by atoms with E-state index in [-0.39, 0.29) is 5.54 Å². The number of nitrogens with zero attached hydrogens (tertiary/aromatic N) is 2. The molecule has 0 radical (unpaired) electrons. The zero-order valence-corrected chi connectivity index (χ0v) is 11.6. The van der Waals surface area contributed by atoms with E-state index in [1.807, 2.05) is 19.6 Å². The molecule has 1 aromatic heterocycles. The molecule has 0 aliphatic rings. The van der Waals surface area contributed by atoms with E-state index in [1.165, 1.54) is 16.8 Å². The van der Waals surface area contributed by atoms with E-state index < -0.39 is 0 Å². The maximum Gasteiger partial charge on any atom is 0.0951 e. The van der Waals surface area contributed by atoms with Gasteiger partial charge in [0.25, 0.3) is 0 Å². The van der Waals surface area contributed by atoms with E-state index >= 15 is 0 Å². The van der Waals surface area contributed by atoms with E-state index in [2.05, 4.69) is 59.9 Å². The van der Waals surface area contributed by atoms with Gasteiger partial charge in [-0.3, -0.25) is 0 Å². The van der Waals surface area contributed by atoms with Crippen LogP contribution in [0.3, 0.4) is 0 Å². The fraction of sp³-hybridized carbons (Fsp3) is 0.400. The minimum absolute atomic E-state index is 0.0691. The summed E-state index contributed by atoms with van der Waals surface area (Å²) in [5, 5.41) is 3.32. The van der Waals surface area contributed by atoms with E-state index in [9.17, 15) is 0 Å². The summed E-state index contributed by atoms with van der Waals surface area (Å²) in [6.07, 6.45) is 3.84. The summed E-state index contributed by atoms with van der Waals surface area (Å²) in [6, 6.07) is 8.60. The van der Waals surface area contributed by atoms with Crippen LogP contribution >= 0.6 is 0 Å². The lowest BCUT2D eigenvalue weighted by Gasteiger charge is -2.25. The molecule has 0 bridgehead atoms. The highest BCUT2D eigenvalue weighted by atomic mass is 15.1. The Morgan fingerprint density at radius 2 is 2.11 bits per heavy atom. The first kappa shape index (κ1) is 12.8. The van der Waals surface area contributed by atoms with Crippen LogP contribution in [-0.2, 0) is 12.1 Å².